The Balaban J connectivity index is 2.50. The molecule has 31 heavy (non-hydrogen) atoms. The van der Waals surface area contributed by atoms with Crippen LogP contribution in [0, 0.1) is 11.3 Å². The van der Waals surface area contributed by atoms with Gasteiger partial charge in [-0.3, -0.25) is 0 Å². The number of allylic oxidation sites excluding steroid dienone is 2. The van der Waals surface area contributed by atoms with Crippen molar-refractivity contribution < 1.29 is 28.5 Å². The molecule has 0 atom stereocenters. The summed E-state index contributed by atoms with van der Waals surface area (Å²) in [4.78, 5) is 26.3. The predicted octanol–water partition coefficient (Wildman–Crippen LogP) is 5.18. The number of rotatable bonds is 7. The Morgan fingerprint density at radius 2 is 1.39 bits per heavy atom. The topological polar surface area (TPSA) is 98.1 Å². The fourth-order valence-electron chi connectivity index (χ4n) is 3.05. The van der Waals surface area contributed by atoms with Crippen molar-refractivity contribution >= 4 is 12.3 Å². The molecule has 0 radical (unpaired) electrons. The highest BCUT2D eigenvalue weighted by molar-refractivity contribution is 5.65. The van der Waals surface area contributed by atoms with Crippen molar-refractivity contribution in [2.75, 3.05) is 20.3 Å². The zero-order valence-electron chi connectivity index (χ0n) is 18.6. The molecular formula is C23H28N2O6. The zero-order valence-corrected chi connectivity index (χ0v) is 18.6. The van der Waals surface area contributed by atoms with Crippen LogP contribution in [0.1, 0.15) is 57.6 Å². The van der Waals surface area contributed by atoms with Crippen molar-refractivity contribution in [2.45, 2.75) is 46.5 Å². The molecule has 0 spiro atoms. The predicted molar refractivity (Wildman–Crippen MR) is 113 cm³/mol. The first-order valence-electron chi connectivity index (χ1n) is 10.2. The SMILES string of the molecule is CCCOC(=O)OC1=C(C)N(C)C(C)=C(OC(=O)OCCC)C1c1ccc(C#N)cc1. The number of nitrogens with zero attached hydrogens (tertiary/aromatic N) is 2. The molecule has 0 aliphatic carbocycles. The number of hydrogen-bond acceptors (Lipinski definition) is 8. The molecule has 0 aromatic heterocycles. The lowest BCUT2D eigenvalue weighted by atomic mass is 9.89. The summed E-state index contributed by atoms with van der Waals surface area (Å²) in [7, 11) is 1.78. The largest absolute Gasteiger partial charge is 0.513 e. The van der Waals surface area contributed by atoms with Gasteiger partial charge in [0.05, 0.1) is 36.2 Å². The van der Waals surface area contributed by atoms with Gasteiger partial charge >= 0.3 is 12.3 Å². The van der Waals surface area contributed by atoms with Gasteiger partial charge in [-0.25, -0.2) is 9.59 Å². The summed E-state index contributed by atoms with van der Waals surface area (Å²) in [5, 5.41) is 9.12. The fourth-order valence-corrected chi connectivity index (χ4v) is 3.05. The van der Waals surface area contributed by atoms with Gasteiger partial charge in [-0.2, -0.15) is 5.26 Å². The Morgan fingerprint density at radius 1 is 0.935 bits per heavy atom. The summed E-state index contributed by atoms with van der Waals surface area (Å²) in [6.07, 6.45) is -0.364. The fraction of sp³-hybridized carbons (Fsp3) is 0.435. The van der Waals surface area contributed by atoms with Gasteiger partial charge in [-0.15, -0.1) is 0 Å². The van der Waals surface area contributed by atoms with Crippen LogP contribution in [0.15, 0.2) is 47.2 Å². The lowest BCUT2D eigenvalue weighted by molar-refractivity contribution is 0.0580. The van der Waals surface area contributed by atoms with E-state index in [1.165, 1.54) is 0 Å². The van der Waals surface area contributed by atoms with Crippen molar-refractivity contribution in [1.82, 2.24) is 4.90 Å². The molecule has 8 nitrogen and oxygen atoms in total. The minimum Gasteiger partial charge on any atom is -0.434 e. The first-order valence-corrected chi connectivity index (χ1v) is 10.2. The average Bonchev–Trinajstić information content (AvgIpc) is 2.78. The summed E-state index contributed by atoms with van der Waals surface area (Å²) in [6.45, 7) is 7.81. The second kappa shape index (κ2) is 11.1. The van der Waals surface area contributed by atoms with E-state index in [2.05, 4.69) is 6.07 Å². The van der Waals surface area contributed by atoms with Crippen LogP contribution in [0.25, 0.3) is 0 Å². The van der Waals surface area contributed by atoms with E-state index in [1.54, 1.807) is 50.1 Å². The molecule has 166 valence electrons. The lowest BCUT2D eigenvalue weighted by Crippen LogP contribution is -2.30. The molecule has 0 unspecified atom stereocenters. The van der Waals surface area contributed by atoms with Crippen molar-refractivity contribution in [3.8, 4) is 6.07 Å². The molecule has 1 aliphatic rings. The van der Waals surface area contributed by atoms with Gasteiger partial charge in [-0.1, -0.05) is 26.0 Å². The van der Waals surface area contributed by atoms with E-state index in [4.69, 9.17) is 24.2 Å². The van der Waals surface area contributed by atoms with Gasteiger partial charge in [0.15, 0.2) is 0 Å². The Morgan fingerprint density at radius 3 is 1.77 bits per heavy atom. The molecule has 2 rings (SSSR count). The molecule has 1 aliphatic heterocycles. The van der Waals surface area contributed by atoms with E-state index in [0.29, 0.717) is 35.4 Å². The van der Waals surface area contributed by atoms with Crippen LogP contribution in [0.3, 0.4) is 0 Å². The van der Waals surface area contributed by atoms with Crippen molar-refractivity contribution in [3.05, 3.63) is 58.3 Å². The van der Waals surface area contributed by atoms with E-state index in [1.807, 2.05) is 13.8 Å². The smallest absolute Gasteiger partial charge is 0.434 e. The second-order valence-electron chi connectivity index (χ2n) is 7.03. The first kappa shape index (κ1) is 23.8. The molecular weight excluding hydrogens is 400 g/mol. The molecule has 8 heteroatoms. The normalized spacial score (nSPS) is 14.3. The summed E-state index contributed by atoms with van der Waals surface area (Å²) in [5.41, 5.74) is 2.49. The maximum atomic E-state index is 12.3. The molecule has 1 aromatic rings. The molecule has 0 saturated heterocycles. The highest BCUT2D eigenvalue weighted by Crippen LogP contribution is 2.42. The first-order chi connectivity index (χ1) is 14.8. The van der Waals surface area contributed by atoms with Crippen molar-refractivity contribution in [3.63, 3.8) is 0 Å². The number of hydrogen-bond donors (Lipinski definition) is 0. The molecule has 1 aromatic carbocycles. The maximum Gasteiger partial charge on any atom is 0.513 e. The summed E-state index contributed by atoms with van der Waals surface area (Å²) >= 11 is 0. The van der Waals surface area contributed by atoms with E-state index >= 15 is 0 Å². The highest BCUT2D eigenvalue weighted by atomic mass is 16.7. The van der Waals surface area contributed by atoms with Gasteiger partial charge in [0.2, 0.25) is 0 Å². The van der Waals surface area contributed by atoms with Crippen molar-refractivity contribution in [2.24, 2.45) is 0 Å². The number of carbonyl (C=O) groups is 2. The summed E-state index contributed by atoms with van der Waals surface area (Å²) in [6, 6.07) is 8.84. The number of ether oxygens (including phenoxy) is 4. The Hall–Kier alpha value is -3.47. The van der Waals surface area contributed by atoms with E-state index in [9.17, 15) is 9.59 Å². The molecule has 0 fully saturated rings. The van der Waals surface area contributed by atoms with Crippen LogP contribution >= 0.6 is 0 Å². The Kier molecular flexibility index (Phi) is 8.50. The number of carbonyl (C=O) groups excluding carboxylic acids is 2. The second-order valence-corrected chi connectivity index (χ2v) is 7.03. The summed E-state index contributed by atoms with van der Waals surface area (Å²) in [5.74, 6) is -0.151. The van der Waals surface area contributed by atoms with Crippen molar-refractivity contribution in [1.29, 1.82) is 5.26 Å². The Labute approximate surface area is 182 Å². The third kappa shape index (κ3) is 5.79. The van der Waals surface area contributed by atoms with Crippen LogP contribution in [0.5, 0.6) is 0 Å². The van der Waals surface area contributed by atoms with Gasteiger partial charge in [-0.05, 0) is 44.4 Å². The standard InChI is InChI=1S/C23H28N2O6/c1-6-12-28-22(26)30-20-15(3)25(5)16(4)21(31-23(27)29-13-7-2)19(20)18-10-8-17(14-24)9-11-18/h8-11,19H,6-7,12-13H2,1-5H3. The third-order valence-corrected chi connectivity index (χ3v) is 4.85. The molecule has 0 bridgehead atoms. The average molecular weight is 428 g/mol. The molecule has 0 N–H and O–H groups in total. The van der Waals surface area contributed by atoms with Crippen LogP contribution in [-0.4, -0.2) is 37.5 Å². The van der Waals surface area contributed by atoms with E-state index in [-0.39, 0.29) is 24.7 Å². The third-order valence-electron chi connectivity index (χ3n) is 4.85. The van der Waals surface area contributed by atoms with Crippen LogP contribution < -0.4 is 0 Å². The van der Waals surface area contributed by atoms with Crippen LogP contribution in [0.2, 0.25) is 0 Å². The maximum absolute atomic E-state index is 12.3. The molecule has 1 heterocycles. The number of benzene rings is 1. The van der Waals surface area contributed by atoms with Crippen LogP contribution in [-0.2, 0) is 18.9 Å². The minimum absolute atomic E-state index is 0.226. The zero-order chi connectivity index (χ0) is 23.0. The van der Waals surface area contributed by atoms with E-state index < -0.39 is 18.2 Å². The highest BCUT2D eigenvalue weighted by Gasteiger charge is 2.37. The lowest BCUT2D eigenvalue weighted by Gasteiger charge is -2.35. The summed E-state index contributed by atoms with van der Waals surface area (Å²) < 4.78 is 21.4. The number of nitriles is 1. The quantitative estimate of drug-likeness (QED) is 0.548. The van der Waals surface area contributed by atoms with E-state index in [0.717, 1.165) is 0 Å². The van der Waals surface area contributed by atoms with Gasteiger partial charge < -0.3 is 23.8 Å². The van der Waals surface area contributed by atoms with Gasteiger partial charge in [0, 0.05) is 7.05 Å². The molecule has 0 amide bonds. The molecule has 0 saturated carbocycles. The minimum atomic E-state index is -0.837. The monoisotopic (exact) mass is 428 g/mol. The van der Waals surface area contributed by atoms with Crippen LogP contribution in [0.4, 0.5) is 9.59 Å². The Bertz CT molecular complexity index is 865. The van der Waals surface area contributed by atoms with Gasteiger partial charge in [0.25, 0.3) is 0 Å². The van der Waals surface area contributed by atoms with Gasteiger partial charge in [0.1, 0.15) is 17.4 Å².